The number of hydrogen-bond donors (Lipinski definition) is 1. The topological polar surface area (TPSA) is 49.5 Å². The molecule has 1 unspecified atom stereocenters. The Morgan fingerprint density at radius 2 is 2.07 bits per heavy atom. The molecule has 0 bridgehead atoms. The highest BCUT2D eigenvalue weighted by Gasteiger charge is 2.28. The van der Waals surface area contributed by atoms with Crippen LogP contribution in [0.4, 0.5) is 4.39 Å². The Bertz CT molecular complexity index is 909. The van der Waals surface area contributed by atoms with Crippen LogP contribution >= 0.6 is 0 Å². The van der Waals surface area contributed by atoms with Crippen LogP contribution in [0.1, 0.15) is 35.7 Å². The number of hydrogen-bond acceptors (Lipinski definition) is 4. The van der Waals surface area contributed by atoms with E-state index < -0.39 is 0 Å². The Hall–Kier alpha value is -2.50. The van der Waals surface area contributed by atoms with E-state index in [0.717, 1.165) is 25.1 Å². The molecule has 2 aromatic carbocycles. The largest absolute Gasteiger partial charge is 0.444 e. The summed E-state index contributed by atoms with van der Waals surface area (Å²) in [4.78, 5) is 6.92. The highest BCUT2D eigenvalue weighted by atomic mass is 19.1. The number of benzene rings is 2. The van der Waals surface area contributed by atoms with Gasteiger partial charge in [-0.25, -0.2) is 9.37 Å². The highest BCUT2D eigenvalue weighted by Crippen LogP contribution is 2.36. The summed E-state index contributed by atoms with van der Waals surface area (Å²) in [5.74, 6) is 0.123. The fourth-order valence-corrected chi connectivity index (χ4v) is 3.87. The van der Waals surface area contributed by atoms with Gasteiger partial charge in [0.1, 0.15) is 12.1 Å². The minimum Gasteiger partial charge on any atom is -0.444 e. The molecule has 0 amide bonds. The van der Waals surface area contributed by atoms with E-state index in [4.69, 9.17) is 4.42 Å². The normalized spacial score (nSPS) is 16.0. The Balaban J connectivity index is 1.55. The zero-order valence-corrected chi connectivity index (χ0v) is 15.1. The van der Waals surface area contributed by atoms with Crippen LogP contribution in [0.25, 0.3) is 11.5 Å². The predicted molar refractivity (Wildman–Crippen MR) is 102 cm³/mol. The summed E-state index contributed by atoms with van der Waals surface area (Å²) < 4.78 is 19.0. The smallest absolute Gasteiger partial charge is 0.226 e. The van der Waals surface area contributed by atoms with Gasteiger partial charge in [-0.05, 0) is 48.6 Å². The standard InChI is InChI=1S/C22H23FN2O2/c23-18-7-3-6-17(13-18)22-24-19(15-27-22)14-25(11-4-12-26)21-10-9-16-5-1-2-8-20(16)21/h1-3,5-8,13,15,21,26H,4,9-12,14H2. The Morgan fingerprint density at radius 1 is 1.19 bits per heavy atom. The van der Waals surface area contributed by atoms with Crippen LogP contribution in [0, 0.1) is 5.82 Å². The number of fused-ring (bicyclic) bond motifs is 1. The van der Waals surface area contributed by atoms with Crippen LogP contribution in [0.2, 0.25) is 0 Å². The second kappa shape index (κ2) is 8.03. The molecular formula is C22H23FN2O2. The Kier molecular flexibility index (Phi) is 5.32. The van der Waals surface area contributed by atoms with Crippen molar-refractivity contribution in [1.82, 2.24) is 9.88 Å². The maximum atomic E-state index is 13.5. The van der Waals surface area contributed by atoms with Crippen molar-refractivity contribution in [3.8, 4) is 11.5 Å². The summed E-state index contributed by atoms with van der Waals surface area (Å²) in [6.07, 6.45) is 4.50. The molecule has 5 heteroatoms. The van der Waals surface area contributed by atoms with Gasteiger partial charge >= 0.3 is 0 Å². The van der Waals surface area contributed by atoms with E-state index in [-0.39, 0.29) is 12.4 Å². The molecule has 1 aliphatic rings. The van der Waals surface area contributed by atoms with Crippen LogP contribution in [0.3, 0.4) is 0 Å². The van der Waals surface area contributed by atoms with Crippen molar-refractivity contribution in [3.05, 3.63) is 77.4 Å². The fourth-order valence-electron chi connectivity index (χ4n) is 3.87. The predicted octanol–water partition coefficient (Wildman–Crippen LogP) is 4.35. The molecular weight excluding hydrogens is 343 g/mol. The second-order valence-corrected chi connectivity index (χ2v) is 6.96. The number of nitrogens with zero attached hydrogens (tertiary/aromatic N) is 2. The molecule has 4 nitrogen and oxygen atoms in total. The zero-order valence-electron chi connectivity index (χ0n) is 15.1. The van der Waals surface area contributed by atoms with Crippen LogP contribution < -0.4 is 0 Å². The number of aliphatic hydroxyl groups excluding tert-OH is 1. The maximum Gasteiger partial charge on any atom is 0.226 e. The number of halogens is 1. The summed E-state index contributed by atoms with van der Waals surface area (Å²) in [5, 5.41) is 9.30. The first kappa shape index (κ1) is 17.9. The van der Waals surface area contributed by atoms with Gasteiger partial charge in [0.05, 0.1) is 5.69 Å². The van der Waals surface area contributed by atoms with Crippen molar-refractivity contribution in [2.24, 2.45) is 0 Å². The van der Waals surface area contributed by atoms with Crippen molar-refractivity contribution >= 4 is 0 Å². The molecule has 1 heterocycles. The average molecular weight is 366 g/mol. The summed E-state index contributed by atoms with van der Waals surface area (Å²) in [7, 11) is 0. The lowest BCUT2D eigenvalue weighted by Gasteiger charge is -2.28. The third-order valence-corrected chi connectivity index (χ3v) is 5.13. The quantitative estimate of drug-likeness (QED) is 0.675. The van der Waals surface area contributed by atoms with Crippen molar-refractivity contribution in [3.63, 3.8) is 0 Å². The molecule has 1 atom stereocenters. The molecule has 3 aromatic rings. The SMILES string of the molecule is OCCCN(Cc1coc(-c2cccc(F)c2)n1)C1CCc2ccccc21. The van der Waals surface area contributed by atoms with Crippen molar-refractivity contribution in [2.45, 2.75) is 31.8 Å². The summed E-state index contributed by atoms with van der Waals surface area (Å²) >= 11 is 0. The number of aryl methyl sites for hydroxylation is 1. The lowest BCUT2D eigenvalue weighted by Crippen LogP contribution is -2.29. The van der Waals surface area contributed by atoms with E-state index >= 15 is 0 Å². The van der Waals surface area contributed by atoms with E-state index in [1.54, 1.807) is 18.4 Å². The Morgan fingerprint density at radius 3 is 2.93 bits per heavy atom. The van der Waals surface area contributed by atoms with Crippen LogP contribution in [0.5, 0.6) is 0 Å². The molecule has 1 aromatic heterocycles. The molecule has 0 radical (unpaired) electrons. The van der Waals surface area contributed by atoms with E-state index in [1.165, 1.54) is 23.3 Å². The van der Waals surface area contributed by atoms with E-state index in [2.05, 4.69) is 34.1 Å². The highest BCUT2D eigenvalue weighted by molar-refractivity contribution is 5.52. The van der Waals surface area contributed by atoms with Gasteiger partial charge in [-0.15, -0.1) is 0 Å². The third-order valence-electron chi connectivity index (χ3n) is 5.13. The molecule has 4 rings (SSSR count). The fraction of sp³-hybridized carbons (Fsp3) is 0.318. The maximum absolute atomic E-state index is 13.5. The van der Waals surface area contributed by atoms with Gasteiger partial charge < -0.3 is 9.52 Å². The monoisotopic (exact) mass is 366 g/mol. The van der Waals surface area contributed by atoms with Gasteiger partial charge in [0.2, 0.25) is 5.89 Å². The number of rotatable bonds is 7. The molecule has 0 saturated carbocycles. The lowest BCUT2D eigenvalue weighted by atomic mass is 10.1. The molecule has 0 aliphatic heterocycles. The van der Waals surface area contributed by atoms with Gasteiger partial charge in [-0.1, -0.05) is 30.3 Å². The van der Waals surface area contributed by atoms with Crippen LogP contribution in [-0.4, -0.2) is 28.1 Å². The van der Waals surface area contributed by atoms with Crippen molar-refractivity contribution < 1.29 is 13.9 Å². The minimum atomic E-state index is -0.306. The summed E-state index contributed by atoms with van der Waals surface area (Å²) in [5.41, 5.74) is 4.22. The Labute approximate surface area is 158 Å². The molecule has 140 valence electrons. The lowest BCUT2D eigenvalue weighted by molar-refractivity contribution is 0.164. The van der Waals surface area contributed by atoms with Gasteiger partial charge in [0, 0.05) is 31.3 Å². The first-order chi connectivity index (χ1) is 13.2. The number of aromatic nitrogens is 1. The van der Waals surface area contributed by atoms with E-state index in [0.29, 0.717) is 30.5 Å². The molecule has 0 spiro atoms. The van der Waals surface area contributed by atoms with Crippen molar-refractivity contribution in [2.75, 3.05) is 13.2 Å². The average Bonchev–Trinajstić information content (AvgIpc) is 3.32. The molecule has 1 N–H and O–H groups in total. The van der Waals surface area contributed by atoms with Gasteiger partial charge in [0.25, 0.3) is 0 Å². The van der Waals surface area contributed by atoms with Crippen LogP contribution in [-0.2, 0) is 13.0 Å². The zero-order chi connectivity index (χ0) is 18.6. The molecule has 0 saturated heterocycles. The van der Waals surface area contributed by atoms with E-state index in [1.807, 2.05) is 0 Å². The minimum absolute atomic E-state index is 0.165. The number of oxazole rings is 1. The van der Waals surface area contributed by atoms with Gasteiger partial charge in [-0.3, -0.25) is 4.90 Å². The van der Waals surface area contributed by atoms with Crippen molar-refractivity contribution in [1.29, 1.82) is 0 Å². The molecule has 0 fully saturated rings. The first-order valence-corrected chi connectivity index (χ1v) is 9.37. The molecule has 27 heavy (non-hydrogen) atoms. The summed E-state index contributed by atoms with van der Waals surface area (Å²) in [6, 6.07) is 15.1. The number of aliphatic hydroxyl groups is 1. The summed E-state index contributed by atoms with van der Waals surface area (Å²) in [6.45, 7) is 1.59. The van der Waals surface area contributed by atoms with Crippen LogP contribution in [0.15, 0.2) is 59.2 Å². The second-order valence-electron chi connectivity index (χ2n) is 6.96. The van der Waals surface area contributed by atoms with Gasteiger partial charge in [-0.2, -0.15) is 0 Å². The van der Waals surface area contributed by atoms with Gasteiger partial charge in [0.15, 0.2) is 0 Å². The third kappa shape index (κ3) is 3.94. The molecule has 1 aliphatic carbocycles. The first-order valence-electron chi connectivity index (χ1n) is 9.37. The van der Waals surface area contributed by atoms with E-state index in [9.17, 15) is 9.50 Å².